The van der Waals surface area contributed by atoms with Crippen molar-refractivity contribution in [2.45, 2.75) is 38.9 Å². The van der Waals surface area contributed by atoms with Crippen LogP contribution in [0.15, 0.2) is 18.7 Å². The molecule has 0 unspecified atom stereocenters. The van der Waals surface area contributed by atoms with Crippen LogP contribution >= 0.6 is 0 Å². The molecular weight excluding hydrogens is 276 g/mol. The summed E-state index contributed by atoms with van der Waals surface area (Å²) in [5, 5.41) is 0. The summed E-state index contributed by atoms with van der Waals surface area (Å²) >= 11 is 0. The Balaban J connectivity index is 1.76. The van der Waals surface area contributed by atoms with E-state index in [4.69, 9.17) is 4.98 Å². The minimum absolute atomic E-state index is 0.353. The second-order valence-electron chi connectivity index (χ2n) is 6.28. The third-order valence-corrected chi connectivity index (χ3v) is 4.17. The summed E-state index contributed by atoms with van der Waals surface area (Å²) in [6.07, 6.45) is 7.89. The van der Waals surface area contributed by atoms with Gasteiger partial charge in [0.1, 0.15) is 0 Å². The van der Waals surface area contributed by atoms with Crippen LogP contribution in [0.3, 0.4) is 0 Å². The molecule has 0 bridgehead atoms. The van der Waals surface area contributed by atoms with Gasteiger partial charge in [-0.3, -0.25) is 14.9 Å². The topological polar surface area (TPSA) is 60.9 Å². The van der Waals surface area contributed by atoms with E-state index < -0.39 is 0 Å². The second kappa shape index (κ2) is 6.54. The Kier molecular flexibility index (Phi) is 4.49. The lowest BCUT2D eigenvalue weighted by atomic mass is 10.1. The standard InChI is InChI=1S/C16H24N6/c1-12-15(19-11-18-12)10-22-6-4-5-16(22)14-8-17-7-13(20-14)9-21(2)3/h7-8,11,16H,4-6,9-10H2,1-3H3,(H,18,19)/t16-/m0/s1. The molecule has 0 amide bonds. The summed E-state index contributed by atoms with van der Waals surface area (Å²) in [6, 6.07) is 0.353. The lowest BCUT2D eigenvalue weighted by Gasteiger charge is -2.23. The highest BCUT2D eigenvalue weighted by Gasteiger charge is 2.28. The highest BCUT2D eigenvalue weighted by molar-refractivity contribution is 5.13. The van der Waals surface area contributed by atoms with Crippen molar-refractivity contribution in [3.05, 3.63) is 41.5 Å². The van der Waals surface area contributed by atoms with Gasteiger partial charge in [0.2, 0.25) is 0 Å². The first-order valence-electron chi connectivity index (χ1n) is 7.82. The molecule has 22 heavy (non-hydrogen) atoms. The van der Waals surface area contributed by atoms with Crippen molar-refractivity contribution >= 4 is 0 Å². The van der Waals surface area contributed by atoms with Crippen molar-refractivity contribution in [2.24, 2.45) is 0 Å². The lowest BCUT2D eigenvalue weighted by molar-refractivity contribution is 0.240. The summed E-state index contributed by atoms with van der Waals surface area (Å²) < 4.78 is 0. The first kappa shape index (κ1) is 15.1. The molecule has 0 radical (unpaired) electrons. The Labute approximate surface area is 131 Å². The second-order valence-corrected chi connectivity index (χ2v) is 6.28. The third kappa shape index (κ3) is 3.34. The van der Waals surface area contributed by atoms with E-state index in [1.54, 1.807) is 6.33 Å². The number of aryl methyl sites for hydroxylation is 1. The van der Waals surface area contributed by atoms with Gasteiger partial charge in [-0.2, -0.15) is 0 Å². The maximum atomic E-state index is 4.82. The smallest absolute Gasteiger partial charge is 0.0925 e. The molecule has 1 aliphatic heterocycles. The zero-order valence-electron chi connectivity index (χ0n) is 13.6. The van der Waals surface area contributed by atoms with Crippen molar-refractivity contribution < 1.29 is 0 Å². The Morgan fingerprint density at radius 2 is 2.23 bits per heavy atom. The normalized spacial score (nSPS) is 19.2. The maximum Gasteiger partial charge on any atom is 0.0925 e. The van der Waals surface area contributed by atoms with Crippen LogP contribution in [0.5, 0.6) is 0 Å². The molecule has 2 aromatic heterocycles. The third-order valence-electron chi connectivity index (χ3n) is 4.17. The number of aromatic amines is 1. The van der Waals surface area contributed by atoms with Crippen LogP contribution in [0, 0.1) is 6.92 Å². The van der Waals surface area contributed by atoms with Crippen molar-refractivity contribution in [1.29, 1.82) is 0 Å². The molecule has 0 spiro atoms. The average Bonchev–Trinajstić information content (AvgIpc) is 3.09. The monoisotopic (exact) mass is 300 g/mol. The molecule has 6 heteroatoms. The summed E-state index contributed by atoms with van der Waals surface area (Å²) in [6.45, 7) is 4.87. The highest BCUT2D eigenvalue weighted by Crippen LogP contribution is 2.31. The molecular formula is C16H24N6. The van der Waals surface area contributed by atoms with Gasteiger partial charge in [-0.1, -0.05) is 0 Å². The van der Waals surface area contributed by atoms with Crippen LogP contribution in [0.25, 0.3) is 0 Å². The van der Waals surface area contributed by atoms with E-state index >= 15 is 0 Å². The van der Waals surface area contributed by atoms with Crippen LogP contribution in [-0.4, -0.2) is 50.4 Å². The Bertz CT molecular complexity index is 621. The number of hydrogen-bond acceptors (Lipinski definition) is 5. The molecule has 1 aliphatic rings. The molecule has 0 saturated carbocycles. The van der Waals surface area contributed by atoms with E-state index in [-0.39, 0.29) is 0 Å². The van der Waals surface area contributed by atoms with Crippen molar-refractivity contribution in [3.63, 3.8) is 0 Å². The number of likely N-dealkylation sites (tertiary alicyclic amines) is 1. The Hall–Kier alpha value is -1.79. The summed E-state index contributed by atoms with van der Waals surface area (Å²) in [4.78, 5) is 21.4. The van der Waals surface area contributed by atoms with Gasteiger partial charge in [-0.05, 0) is 40.4 Å². The van der Waals surface area contributed by atoms with Gasteiger partial charge in [0.15, 0.2) is 0 Å². The van der Waals surface area contributed by atoms with E-state index in [0.29, 0.717) is 6.04 Å². The number of aromatic nitrogens is 4. The highest BCUT2D eigenvalue weighted by atomic mass is 15.2. The minimum Gasteiger partial charge on any atom is -0.348 e. The number of nitrogens with one attached hydrogen (secondary N) is 1. The van der Waals surface area contributed by atoms with Gasteiger partial charge in [0.25, 0.3) is 0 Å². The van der Waals surface area contributed by atoms with Gasteiger partial charge in [-0.25, -0.2) is 4.98 Å². The molecule has 1 atom stereocenters. The molecule has 118 valence electrons. The number of rotatable bonds is 5. The van der Waals surface area contributed by atoms with Crippen molar-refractivity contribution in [2.75, 3.05) is 20.6 Å². The summed E-state index contributed by atoms with van der Waals surface area (Å²) in [5.41, 5.74) is 4.40. The molecule has 3 heterocycles. The van der Waals surface area contributed by atoms with Crippen LogP contribution in [0.2, 0.25) is 0 Å². The molecule has 6 nitrogen and oxygen atoms in total. The quantitative estimate of drug-likeness (QED) is 0.914. The van der Waals surface area contributed by atoms with E-state index in [9.17, 15) is 0 Å². The zero-order chi connectivity index (χ0) is 15.5. The molecule has 3 rings (SSSR count). The van der Waals surface area contributed by atoms with Crippen molar-refractivity contribution in [1.82, 2.24) is 29.7 Å². The van der Waals surface area contributed by atoms with E-state index in [2.05, 4.69) is 45.8 Å². The van der Waals surface area contributed by atoms with Gasteiger partial charge in [-0.15, -0.1) is 0 Å². The SMILES string of the molecule is Cc1[nH]cnc1CN1CCC[C@H]1c1cncc(CN(C)C)n1. The summed E-state index contributed by atoms with van der Waals surface area (Å²) in [5.74, 6) is 0. The summed E-state index contributed by atoms with van der Waals surface area (Å²) in [7, 11) is 4.10. The zero-order valence-corrected chi connectivity index (χ0v) is 13.6. The lowest BCUT2D eigenvalue weighted by Crippen LogP contribution is -2.24. The van der Waals surface area contributed by atoms with Crippen LogP contribution < -0.4 is 0 Å². The predicted octanol–water partition coefficient (Wildman–Crippen LogP) is 1.91. The number of H-pyrrole nitrogens is 1. The van der Waals surface area contributed by atoms with E-state index in [1.165, 1.54) is 6.42 Å². The molecule has 0 aromatic carbocycles. The fourth-order valence-electron chi connectivity index (χ4n) is 3.07. The number of nitrogens with zero attached hydrogens (tertiary/aromatic N) is 5. The van der Waals surface area contributed by atoms with E-state index in [1.807, 2.05) is 12.4 Å². The van der Waals surface area contributed by atoms with Crippen LogP contribution in [0.4, 0.5) is 0 Å². The predicted molar refractivity (Wildman–Crippen MR) is 85.1 cm³/mol. The number of imidazole rings is 1. The van der Waals surface area contributed by atoms with E-state index in [0.717, 1.165) is 48.8 Å². The first-order valence-corrected chi connectivity index (χ1v) is 7.82. The minimum atomic E-state index is 0.353. The Morgan fingerprint density at radius 3 is 2.95 bits per heavy atom. The molecule has 1 N–H and O–H groups in total. The number of hydrogen-bond donors (Lipinski definition) is 1. The fourth-order valence-corrected chi connectivity index (χ4v) is 3.07. The van der Waals surface area contributed by atoms with Crippen molar-refractivity contribution in [3.8, 4) is 0 Å². The Morgan fingerprint density at radius 1 is 1.36 bits per heavy atom. The fraction of sp³-hybridized carbons (Fsp3) is 0.562. The maximum absolute atomic E-state index is 4.82. The molecule has 1 fully saturated rings. The molecule has 1 saturated heterocycles. The van der Waals surface area contributed by atoms with Crippen LogP contribution in [-0.2, 0) is 13.1 Å². The molecule has 0 aliphatic carbocycles. The van der Waals surface area contributed by atoms with Gasteiger partial charge < -0.3 is 9.88 Å². The van der Waals surface area contributed by atoms with Gasteiger partial charge in [0.05, 0.1) is 29.5 Å². The average molecular weight is 300 g/mol. The van der Waals surface area contributed by atoms with Crippen LogP contribution in [0.1, 0.15) is 41.7 Å². The first-order chi connectivity index (χ1) is 10.6. The molecule has 2 aromatic rings. The van der Waals surface area contributed by atoms with Gasteiger partial charge >= 0.3 is 0 Å². The van der Waals surface area contributed by atoms with Gasteiger partial charge in [0, 0.05) is 31.2 Å². The largest absolute Gasteiger partial charge is 0.348 e.